The molecule has 0 spiro atoms. The van der Waals surface area contributed by atoms with Gasteiger partial charge in [0.25, 0.3) is 0 Å². The van der Waals surface area contributed by atoms with E-state index < -0.39 is 5.60 Å². The maximum absolute atomic E-state index is 10.3. The van der Waals surface area contributed by atoms with Gasteiger partial charge < -0.3 is 10.4 Å². The third kappa shape index (κ3) is 2.80. The summed E-state index contributed by atoms with van der Waals surface area (Å²) in [6.07, 6.45) is 1.72. The maximum atomic E-state index is 10.3. The molecule has 5 heteroatoms. The third-order valence-electron chi connectivity index (χ3n) is 2.32. The molecule has 0 aliphatic heterocycles. The summed E-state index contributed by atoms with van der Waals surface area (Å²) in [7, 11) is 0. The van der Waals surface area contributed by atoms with E-state index in [1.165, 1.54) is 0 Å². The highest BCUT2D eigenvalue weighted by atomic mass is 79.9. The second kappa shape index (κ2) is 5.09. The van der Waals surface area contributed by atoms with Gasteiger partial charge in [-0.1, -0.05) is 6.92 Å². The van der Waals surface area contributed by atoms with Crippen molar-refractivity contribution in [3.05, 3.63) is 16.4 Å². The molecule has 0 saturated carbocycles. The molecule has 0 aromatic carbocycles. The Labute approximate surface area is 98.8 Å². The molecule has 15 heavy (non-hydrogen) atoms. The van der Waals surface area contributed by atoms with Crippen LogP contribution in [0.3, 0.4) is 0 Å². The van der Waals surface area contributed by atoms with Crippen LogP contribution in [0.5, 0.6) is 0 Å². The van der Waals surface area contributed by atoms with Gasteiger partial charge in [0, 0.05) is 13.1 Å². The molecule has 1 heterocycles. The molecule has 0 aliphatic carbocycles. The van der Waals surface area contributed by atoms with Crippen LogP contribution in [0, 0.1) is 0 Å². The fraction of sp³-hybridized carbons (Fsp3) is 0.700. The second-order valence-electron chi connectivity index (χ2n) is 3.71. The van der Waals surface area contributed by atoms with Gasteiger partial charge >= 0.3 is 0 Å². The normalized spacial score (nSPS) is 15.3. The van der Waals surface area contributed by atoms with Gasteiger partial charge in [0.2, 0.25) is 0 Å². The Morgan fingerprint density at radius 2 is 2.27 bits per heavy atom. The first kappa shape index (κ1) is 12.7. The minimum Gasteiger partial charge on any atom is -0.382 e. The number of rotatable bonds is 5. The van der Waals surface area contributed by atoms with Crippen LogP contribution in [0.1, 0.15) is 26.5 Å². The number of hydrogen-bond donors (Lipinski definition) is 2. The summed E-state index contributed by atoms with van der Waals surface area (Å²) in [6, 6.07) is 0. The zero-order valence-electron chi connectivity index (χ0n) is 9.42. The van der Waals surface area contributed by atoms with Gasteiger partial charge in [-0.05, 0) is 36.3 Å². The van der Waals surface area contributed by atoms with Gasteiger partial charge in [-0.15, -0.1) is 0 Å². The lowest BCUT2D eigenvalue weighted by molar-refractivity contribution is 0.0474. The Morgan fingerprint density at radius 1 is 1.60 bits per heavy atom. The van der Waals surface area contributed by atoms with Crippen molar-refractivity contribution in [2.45, 2.75) is 32.9 Å². The Bertz CT molecular complexity index is 322. The largest absolute Gasteiger partial charge is 0.382 e. The van der Waals surface area contributed by atoms with Gasteiger partial charge in [0.15, 0.2) is 0 Å². The minimum atomic E-state index is -0.901. The highest BCUT2D eigenvalue weighted by molar-refractivity contribution is 9.10. The van der Waals surface area contributed by atoms with Crippen molar-refractivity contribution in [2.75, 3.05) is 13.1 Å². The molecule has 0 fully saturated rings. The molecular weight excluding hydrogens is 258 g/mol. The number of nitrogens with one attached hydrogen (secondary N) is 1. The van der Waals surface area contributed by atoms with E-state index in [4.69, 9.17) is 0 Å². The molecule has 1 aromatic heterocycles. The average molecular weight is 276 g/mol. The number of halogens is 1. The van der Waals surface area contributed by atoms with E-state index in [1.807, 2.05) is 13.8 Å². The summed E-state index contributed by atoms with van der Waals surface area (Å²) in [5.41, 5.74) is -0.0765. The minimum absolute atomic E-state index is 0.522. The van der Waals surface area contributed by atoms with E-state index in [0.717, 1.165) is 23.3 Å². The maximum Gasteiger partial charge on any atom is 0.117 e. The molecule has 1 aromatic rings. The first-order valence-electron chi connectivity index (χ1n) is 5.17. The predicted molar refractivity (Wildman–Crippen MR) is 63.7 cm³/mol. The van der Waals surface area contributed by atoms with Crippen molar-refractivity contribution >= 4 is 15.9 Å². The SMILES string of the molecule is CCNCC(C)(O)c1c(Br)cnn1CC. The molecule has 1 atom stereocenters. The average Bonchev–Trinajstić information content (AvgIpc) is 2.57. The first-order valence-corrected chi connectivity index (χ1v) is 5.97. The number of hydrogen-bond acceptors (Lipinski definition) is 3. The summed E-state index contributed by atoms with van der Waals surface area (Å²) in [4.78, 5) is 0. The molecule has 0 amide bonds. The summed E-state index contributed by atoms with van der Waals surface area (Å²) >= 11 is 3.41. The van der Waals surface area contributed by atoms with E-state index in [9.17, 15) is 5.11 Å². The number of aromatic nitrogens is 2. The van der Waals surface area contributed by atoms with Crippen molar-refractivity contribution in [2.24, 2.45) is 0 Å². The fourth-order valence-electron chi connectivity index (χ4n) is 1.59. The molecule has 86 valence electrons. The van der Waals surface area contributed by atoms with Crippen LogP contribution in [0.25, 0.3) is 0 Å². The summed E-state index contributed by atoms with van der Waals surface area (Å²) in [6.45, 7) is 7.93. The molecule has 4 nitrogen and oxygen atoms in total. The van der Waals surface area contributed by atoms with Crippen LogP contribution in [0.2, 0.25) is 0 Å². The van der Waals surface area contributed by atoms with Gasteiger partial charge in [0.1, 0.15) is 5.60 Å². The molecular formula is C10H18BrN3O. The Kier molecular flexibility index (Phi) is 4.31. The lowest BCUT2D eigenvalue weighted by Crippen LogP contribution is -2.37. The summed E-state index contributed by atoms with van der Waals surface area (Å²) in [5, 5.41) is 17.7. The van der Waals surface area contributed by atoms with Crippen LogP contribution in [-0.4, -0.2) is 28.0 Å². The van der Waals surface area contributed by atoms with Gasteiger partial charge in [-0.25, -0.2) is 0 Å². The van der Waals surface area contributed by atoms with Crippen molar-refractivity contribution in [3.8, 4) is 0 Å². The van der Waals surface area contributed by atoms with E-state index in [-0.39, 0.29) is 0 Å². The number of aryl methyl sites for hydroxylation is 1. The molecule has 0 radical (unpaired) electrons. The number of nitrogens with zero attached hydrogens (tertiary/aromatic N) is 2. The molecule has 2 N–H and O–H groups in total. The van der Waals surface area contributed by atoms with Crippen LogP contribution >= 0.6 is 15.9 Å². The summed E-state index contributed by atoms with van der Waals surface area (Å²) < 4.78 is 2.66. The lowest BCUT2D eigenvalue weighted by Gasteiger charge is -2.25. The number of aliphatic hydroxyl groups is 1. The molecule has 0 bridgehead atoms. The molecule has 0 saturated heterocycles. The smallest absolute Gasteiger partial charge is 0.117 e. The van der Waals surface area contributed by atoms with Gasteiger partial charge in [-0.3, -0.25) is 4.68 Å². The van der Waals surface area contributed by atoms with Crippen LogP contribution in [-0.2, 0) is 12.1 Å². The Morgan fingerprint density at radius 3 is 2.80 bits per heavy atom. The van der Waals surface area contributed by atoms with E-state index in [1.54, 1.807) is 17.8 Å². The number of likely N-dealkylation sites (N-methyl/N-ethyl adjacent to an activating group) is 1. The monoisotopic (exact) mass is 275 g/mol. The fourth-order valence-corrected chi connectivity index (χ4v) is 2.31. The zero-order valence-corrected chi connectivity index (χ0v) is 11.0. The highest BCUT2D eigenvalue weighted by Crippen LogP contribution is 2.27. The van der Waals surface area contributed by atoms with Crippen molar-refractivity contribution in [1.82, 2.24) is 15.1 Å². The zero-order chi connectivity index (χ0) is 11.5. The quantitative estimate of drug-likeness (QED) is 0.856. The van der Waals surface area contributed by atoms with E-state index in [0.29, 0.717) is 6.54 Å². The summed E-state index contributed by atoms with van der Waals surface area (Å²) in [5.74, 6) is 0. The molecule has 1 rings (SSSR count). The van der Waals surface area contributed by atoms with Crippen molar-refractivity contribution in [3.63, 3.8) is 0 Å². The van der Waals surface area contributed by atoms with E-state index in [2.05, 4.69) is 26.3 Å². The predicted octanol–water partition coefficient (Wildman–Crippen LogP) is 1.48. The highest BCUT2D eigenvalue weighted by Gasteiger charge is 2.29. The third-order valence-corrected chi connectivity index (χ3v) is 2.90. The Hall–Kier alpha value is -0.390. The lowest BCUT2D eigenvalue weighted by atomic mass is 10.0. The van der Waals surface area contributed by atoms with E-state index >= 15 is 0 Å². The van der Waals surface area contributed by atoms with Gasteiger partial charge in [-0.2, -0.15) is 5.10 Å². The second-order valence-corrected chi connectivity index (χ2v) is 4.57. The Balaban J connectivity index is 2.96. The van der Waals surface area contributed by atoms with Crippen LogP contribution in [0.15, 0.2) is 10.7 Å². The topological polar surface area (TPSA) is 50.1 Å². The van der Waals surface area contributed by atoms with Crippen molar-refractivity contribution < 1.29 is 5.11 Å². The first-order chi connectivity index (χ1) is 7.03. The standard InChI is InChI=1S/C10H18BrN3O/c1-4-12-7-10(3,15)9-8(11)6-13-14(9)5-2/h6,12,15H,4-5,7H2,1-3H3. The van der Waals surface area contributed by atoms with Gasteiger partial charge in [0.05, 0.1) is 16.4 Å². The van der Waals surface area contributed by atoms with Crippen LogP contribution < -0.4 is 5.32 Å². The van der Waals surface area contributed by atoms with Crippen molar-refractivity contribution in [1.29, 1.82) is 0 Å². The molecule has 0 aliphatic rings. The molecule has 1 unspecified atom stereocenters. The van der Waals surface area contributed by atoms with Crippen LogP contribution in [0.4, 0.5) is 0 Å².